The topological polar surface area (TPSA) is 42.4 Å². The third-order valence-electron chi connectivity index (χ3n) is 2.48. The van der Waals surface area contributed by atoms with Gasteiger partial charge >= 0.3 is 0 Å². The van der Waals surface area contributed by atoms with Crippen molar-refractivity contribution in [3.8, 4) is 5.75 Å². The van der Waals surface area contributed by atoms with E-state index in [0.717, 1.165) is 22.6 Å². The molecule has 0 unspecified atom stereocenters. The van der Waals surface area contributed by atoms with Crippen molar-refractivity contribution in [3.05, 3.63) is 45.9 Å². The Morgan fingerprint density at radius 3 is 2.94 bits per heavy atom. The highest BCUT2D eigenvalue weighted by Crippen LogP contribution is 2.26. The Hall–Kier alpha value is -1.39. The van der Waals surface area contributed by atoms with E-state index in [1.807, 2.05) is 30.5 Å². The van der Waals surface area contributed by atoms with Crippen LogP contribution in [0.15, 0.2) is 29.1 Å². The van der Waals surface area contributed by atoms with E-state index in [4.69, 9.17) is 4.74 Å². The van der Waals surface area contributed by atoms with Gasteiger partial charge < -0.3 is 9.84 Å². The molecule has 1 heterocycles. The first-order chi connectivity index (χ1) is 8.16. The molecule has 2 aromatic rings. The first-order valence-electron chi connectivity index (χ1n) is 5.45. The molecule has 0 saturated heterocycles. The molecule has 1 aromatic heterocycles. The van der Waals surface area contributed by atoms with Gasteiger partial charge in [-0.05, 0) is 25.5 Å². The van der Waals surface area contributed by atoms with Crippen LogP contribution in [0.3, 0.4) is 0 Å². The molecule has 0 fully saturated rings. The van der Waals surface area contributed by atoms with Gasteiger partial charge in [-0.1, -0.05) is 12.1 Å². The quantitative estimate of drug-likeness (QED) is 0.905. The van der Waals surface area contributed by atoms with Gasteiger partial charge in [0.25, 0.3) is 0 Å². The minimum absolute atomic E-state index is 0.437. The molecule has 0 amide bonds. The Kier molecular flexibility index (Phi) is 3.76. The van der Waals surface area contributed by atoms with Gasteiger partial charge in [0.1, 0.15) is 12.4 Å². The Morgan fingerprint density at radius 1 is 1.47 bits per heavy atom. The number of hydrogen-bond acceptors (Lipinski definition) is 4. The molecule has 3 nitrogen and oxygen atoms in total. The van der Waals surface area contributed by atoms with E-state index >= 15 is 0 Å². The van der Waals surface area contributed by atoms with Crippen molar-refractivity contribution in [2.24, 2.45) is 0 Å². The SMILES string of the molecule is Cc1ccc([C@H](C)O)c(OCc2cscn2)c1. The van der Waals surface area contributed by atoms with Crippen LogP contribution in [0.5, 0.6) is 5.75 Å². The van der Waals surface area contributed by atoms with E-state index in [2.05, 4.69) is 4.98 Å². The van der Waals surface area contributed by atoms with Gasteiger partial charge in [0.05, 0.1) is 17.3 Å². The molecule has 0 aliphatic rings. The highest BCUT2D eigenvalue weighted by molar-refractivity contribution is 7.07. The second-order valence-electron chi connectivity index (χ2n) is 3.99. The number of benzene rings is 1. The van der Waals surface area contributed by atoms with Gasteiger partial charge in [0, 0.05) is 10.9 Å². The predicted octanol–water partition coefficient (Wildman–Crippen LogP) is 3.08. The summed E-state index contributed by atoms with van der Waals surface area (Å²) in [7, 11) is 0. The standard InChI is InChI=1S/C13H15NO2S/c1-9-3-4-12(10(2)15)13(5-9)16-6-11-7-17-8-14-11/h3-5,7-8,10,15H,6H2,1-2H3/t10-/m0/s1. The molecule has 4 heteroatoms. The fourth-order valence-corrected chi connectivity index (χ4v) is 2.12. The number of aryl methyl sites for hydroxylation is 1. The lowest BCUT2D eigenvalue weighted by molar-refractivity contribution is 0.190. The molecule has 1 aromatic carbocycles. The monoisotopic (exact) mass is 249 g/mol. The van der Waals surface area contributed by atoms with Crippen LogP contribution in [0.1, 0.15) is 29.8 Å². The van der Waals surface area contributed by atoms with Gasteiger partial charge in [-0.2, -0.15) is 0 Å². The highest BCUT2D eigenvalue weighted by atomic mass is 32.1. The summed E-state index contributed by atoms with van der Waals surface area (Å²) in [4.78, 5) is 4.16. The molecule has 1 atom stereocenters. The van der Waals surface area contributed by atoms with Crippen LogP contribution in [-0.4, -0.2) is 10.1 Å². The molecule has 0 spiro atoms. The predicted molar refractivity (Wildman–Crippen MR) is 68.3 cm³/mol. The summed E-state index contributed by atoms with van der Waals surface area (Å²) in [5.41, 5.74) is 4.62. The second-order valence-corrected chi connectivity index (χ2v) is 4.70. The zero-order valence-electron chi connectivity index (χ0n) is 9.88. The molecule has 90 valence electrons. The highest BCUT2D eigenvalue weighted by Gasteiger charge is 2.09. The number of aliphatic hydroxyl groups excluding tert-OH is 1. The first kappa shape index (κ1) is 12.1. The smallest absolute Gasteiger partial charge is 0.131 e. The Bertz CT molecular complexity index is 480. The number of aromatic nitrogens is 1. The molecule has 0 saturated carbocycles. The molecule has 0 aliphatic carbocycles. The maximum absolute atomic E-state index is 9.66. The molecule has 0 aliphatic heterocycles. The minimum atomic E-state index is -0.527. The normalized spacial score (nSPS) is 12.4. The maximum atomic E-state index is 9.66. The lowest BCUT2D eigenvalue weighted by Gasteiger charge is -2.13. The van der Waals surface area contributed by atoms with Crippen molar-refractivity contribution < 1.29 is 9.84 Å². The summed E-state index contributed by atoms with van der Waals surface area (Å²) in [6.07, 6.45) is -0.527. The molecule has 17 heavy (non-hydrogen) atoms. The number of hydrogen-bond donors (Lipinski definition) is 1. The van der Waals surface area contributed by atoms with E-state index in [9.17, 15) is 5.11 Å². The number of thiazole rings is 1. The van der Waals surface area contributed by atoms with Crippen molar-refractivity contribution in [2.45, 2.75) is 26.6 Å². The largest absolute Gasteiger partial charge is 0.487 e. The first-order valence-corrected chi connectivity index (χ1v) is 6.39. The summed E-state index contributed by atoms with van der Waals surface area (Å²) in [6, 6.07) is 5.81. The van der Waals surface area contributed by atoms with Gasteiger partial charge in [0.15, 0.2) is 0 Å². The molecular formula is C13H15NO2S. The van der Waals surface area contributed by atoms with Crippen molar-refractivity contribution in [1.82, 2.24) is 4.98 Å². The van der Waals surface area contributed by atoms with E-state index < -0.39 is 6.10 Å². The summed E-state index contributed by atoms with van der Waals surface area (Å²) < 4.78 is 5.71. The summed E-state index contributed by atoms with van der Waals surface area (Å²) in [5.74, 6) is 0.730. The number of aliphatic hydroxyl groups is 1. The molecule has 0 bridgehead atoms. The fourth-order valence-electron chi connectivity index (χ4n) is 1.57. The van der Waals surface area contributed by atoms with E-state index in [1.54, 1.807) is 23.8 Å². The second kappa shape index (κ2) is 5.29. The number of nitrogens with zero attached hydrogens (tertiary/aromatic N) is 1. The van der Waals surface area contributed by atoms with Crippen LogP contribution in [0.4, 0.5) is 0 Å². The average Bonchev–Trinajstić information content (AvgIpc) is 2.78. The van der Waals surface area contributed by atoms with E-state index in [1.165, 1.54) is 0 Å². The van der Waals surface area contributed by atoms with Crippen molar-refractivity contribution in [2.75, 3.05) is 0 Å². The zero-order chi connectivity index (χ0) is 12.3. The molecule has 0 radical (unpaired) electrons. The van der Waals surface area contributed by atoms with Crippen LogP contribution in [0.2, 0.25) is 0 Å². The summed E-state index contributed by atoms with van der Waals surface area (Å²) >= 11 is 1.55. The van der Waals surface area contributed by atoms with Crippen molar-refractivity contribution in [3.63, 3.8) is 0 Å². The van der Waals surface area contributed by atoms with E-state index in [-0.39, 0.29) is 0 Å². The van der Waals surface area contributed by atoms with Crippen molar-refractivity contribution >= 4 is 11.3 Å². The Balaban J connectivity index is 2.16. The summed E-state index contributed by atoms with van der Waals surface area (Å²) in [5, 5.41) is 11.6. The van der Waals surface area contributed by atoms with Gasteiger partial charge in [-0.3, -0.25) is 0 Å². The van der Waals surface area contributed by atoms with Crippen LogP contribution >= 0.6 is 11.3 Å². The van der Waals surface area contributed by atoms with Crippen molar-refractivity contribution in [1.29, 1.82) is 0 Å². The van der Waals surface area contributed by atoms with Gasteiger partial charge in [-0.25, -0.2) is 4.98 Å². The lowest BCUT2D eigenvalue weighted by atomic mass is 10.1. The van der Waals surface area contributed by atoms with Crippen LogP contribution in [-0.2, 0) is 6.61 Å². The van der Waals surface area contributed by atoms with Crippen LogP contribution in [0.25, 0.3) is 0 Å². The van der Waals surface area contributed by atoms with Crippen LogP contribution in [0, 0.1) is 6.92 Å². The Labute approximate surface area is 105 Å². The fraction of sp³-hybridized carbons (Fsp3) is 0.308. The number of rotatable bonds is 4. The van der Waals surface area contributed by atoms with Gasteiger partial charge in [0.2, 0.25) is 0 Å². The average molecular weight is 249 g/mol. The molecule has 2 rings (SSSR count). The zero-order valence-corrected chi connectivity index (χ0v) is 10.7. The third kappa shape index (κ3) is 3.05. The summed E-state index contributed by atoms with van der Waals surface area (Å²) in [6.45, 7) is 4.18. The Morgan fingerprint density at radius 2 is 2.29 bits per heavy atom. The maximum Gasteiger partial charge on any atom is 0.131 e. The van der Waals surface area contributed by atoms with E-state index in [0.29, 0.717) is 6.61 Å². The lowest BCUT2D eigenvalue weighted by Crippen LogP contribution is -2.01. The third-order valence-corrected chi connectivity index (χ3v) is 3.11. The molecular weight excluding hydrogens is 234 g/mol. The minimum Gasteiger partial charge on any atom is -0.487 e. The van der Waals surface area contributed by atoms with Gasteiger partial charge in [-0.15, -0.1) is 11.3 Å². The molecule has 1 N–H and O–H groups in total. The number of ether oxygens (including phenoxy) is 1. The van der Waals surface area contributed by atoms with Crippen LogP contribution < -0.4 is 4.74 Å².